The third-order valence-corrected chi connectivity index (χ3v) is 4.12. The molecular formula is C16H15NO2S. The van der Waals surface area contributed by atoms with Gasteiger partial charge in [0.2, 0.25) is 0 Å². The molecule has 0 saturated carbocycles. The summed E-state index contributed by atoms with van der Waals surface area (Å²) in [6, 6.07) is 11.9. The zero-order chi connectivity index (χ0) is 13.9. The fourth-order valence-corrected chi connectivity index (χ4v) is 3.00. The van der Waals surface area contributed by atoms with Gasteiger partial charge in [-0.1, -0.05) is 30.3 Å². The number of aliphatic hydroxyl groups excluding tert-OH is 1. The molecule has 1 N–H and O–H groups in total. The molecule has 20 heavy (non-hydrogen) atoms. The van der Waals surface area contributed by atoms with Crippen LogP contribution in [0.15, 0.2) is 52.5 Å². The van der Waals surface area contributed by atoms with E-state index < -0.39 is 6.10 Å². The second-order valence-corrected chi connectivity index (χ2v) is 5.59. The summed E-state index contributed by atoms with van der Waals surface area (Å²) in [6.07, 6.45) is 1.55. The number of aryl methyl sites for hydroxylation is 1. The fourth-order valence-electron chi connectivity index (χ4n) is 2.16. The molecule has 1 atom stereocenters. The molecule has 4 heteroatoms. The van der Waals surface area contributed by atoms with Crippen molar-refractivity contribution < 1.29 is 9.52 Å². The summed E-state index contributed by atoms with van der Waals surface area (Å²) in [6.45, 7) is 1.86. The summed E-state index contributed by atoms with van der Waals surface area (Å²) < 4.78 is 5.22. The monoisotopic (exact) mass is 285 g/mol. The molecule has 2 heterocycles. The second kappa shape index (κ2) is 5.61. The average molecular weight is 285 g/mol. The minimum Gasteiger partial charge on any atom is -0.469 e. The van der Waals surface area contributed by atoms with Crippen LogP contribution in [0.1, 0.15) is 22.4 Å². The van der Waals surface area contributed by atoms with Gasteiger partial charge in [-0.3, -0.25) is 0 Å². The van der Waals surface area contributed by atoms with Crippen LogP contribution in [0.4, 0.5) is 0 Å². The summed E-state index contributed by atoms with van der Waals surface area (Å²) in [5, 5.41) is 13.2. The van der Waals surface area contributed by atoms with E-state index in [1.54, 1.807) is 17.6 Å². The van der Waals surface area contributed by atoms with Gasteiger partial charge < -0.3 is 9.52 Å². The highest BCUT2D eigenvalue weighted by atomic mass is 32.1. The molecule has 0 radical (unpaired) electrons. The van der Waals surface area contributed by atoms with E-state index in [9.17, 15) is 5.11 Å². The Labute approximate surface area is 121 Å². The first kappa shape index (κ1) is 13.1. The number of furan rings is 1. The van der Waals surface area contributed by atoms with Crippen LogP contribution in [0, 0.1) is 6.92 Å². The predicted octanol–water partition coefficient (Wildman–Crippen LogP) is 3.99. The largest absolute Gasteiger partial charge is 0.469 e. The van der Waals surface area contributed by atoms with Gasteiger partial charge in [0.25, 0.3) is 0 Å². The van der Waals surface area contributed by atoms with Crippen LogP contribution in [0.2, 0.25) is 0 Å². The molecule has 0 spiro atoms. The molecule has 1 unspecified atom stereocenters. The third-order valence-electron chi connectivity index (χ3n) is 3.25. The fraction of sp³-hybridized carbons (Fsp3) is 0.188. The third kappa shape index (κ3) is 2.66. The Morgan fingerprint density at radius 3 is 2.75 bits per heavy atom. The summed E-state index contributed by atoms with van der Waals surface area (Å²) in [5.74, 6) is 0.761. The summed E-state index contributed by atoms with van der Waals surface area (Å²) in [5.41, 5.74) is 2.90. The smallest absolute Gasteiger partial charge is 0.106 e. The molecule has 0 aliphatic carbocycles. The number of hydrogen-bond donors (Lipinski definition) is 1. The molecule has 0 aliphatic rings. The number of aromatic nitrogens is 1. The average Bonchev–Trinajstić information content (AvgIpc) is 3.09. The van der Waals surface area contributed by atoms with Gasteiger partial charge in [0, 0.05) is 22.9 Å². The van der Waals surface area contributed by atoms with E-state index in [-0.39, 0.29) is 0 Å². The minimum atomic E-state index is -0.566. The quantitative estimate of drug-likeness (QED) is 0.788. The Balaban J connectivity index is 1.76. The first-order chi connectivity index (χ1) is 9.74. The molecule has 0 amide bonds. The van der Waals surface area contributed by atoms with Crippen LogP contribution in [-0.4, -0.2) is 10.1 Å². The van der Waals surface area contributed by atoms with Crippen molar-refractivity contribution in [3.05, 3.63) is 64.4 Å². The summed E-state index contributed by atoms with van der Waals surface area (Å²) in [7, 11) is 0. The van der Waals surface area contributed by atoms with Crippen LogP contribution >= 0.6 is 11.3 Å². The van der Waals surface area contributed by atoms with Crippen molar-refractivity contribution in [2.45, 2.75) is 19.4 Å². The maximum Gasteiger partial charge on any atom is 0.106 e. The van der Waals surface area contributed by atoms with Crippen LogP contribution in [0.3, 0.4) is 0 Å². The molecule has 0 bridgehead atoms. The van der Waals surface area contributed by atoms with E-state index in [0.29, 0.717) is 6.42 Å². The Morgan fingerprint density at radius 1 is 1.25 bits per heavy atom. The molecule has 2 aromatic heterocycles. The van der Waals surface area contributed by atoms with Crippen LogP contribution in [0.25, 0.3) is 11.3 Å². The Hall–Kier alpha value is -1.91. The number of thiazole rings is 1. The lowest BCUT2D eigenvalue weighted by Gasteiger charge is -2.07. The van der Waals surface area contributed by atoms with Crippen molar-refractivity contribution >= 4 is 11.3 Å². The van der Waals surface area contributed by atoms with E-state index in [1.807, 2.05) is 48.7 Å². The lowest BCUT2D eigenvalue weighted by molar-refractivity contribution is 0.176. The van der Waals surface area contributed by atoms with Crippen molar-refractivity contribution in [1.29, 1.82) is 0 Å². The SMILES string of the molecule is Cc1occc1C(O)Cc1nc(-c2ccccc2)cs1. The molecular weight excluding hydrogens is 270 g/mol. The Morgan fingerprint density at radius 2 is 2.05 bits per heavy atom. The molecule has 0 saturated heterocycles. The molecule has 3 rings (SSSR count). The van der Waals surface area contributed by atoms with Gasteiger partial charge in [-0.25, -0.2) is 4.98 Å². The molecule has 3 aromatic rings. The van der Waals surface area contributed by atoms with E-state index in [1.165, 1.54) is 0 Å². The number of rotatable bonds is 4. The summed E-state index contributed by atoms with van der Waals surface area (Å²) >= 11 is 1.57. The van der Waals surface area contributed by atoms with Crippen LogP contribution < -0.4 is 0 Å². The minimum absolute atomic E-state index is 0.512. The number of benzene rings is 1. The van der Waals surface area contributed by atoms with E-state index in [4.69, 9.17) is 4.42 Å². The normalized spacial score (nSPS) is 12.5. The predicted molar refractivity (Wildman–Crippen MR) is 79.7 cm³/mol. The molecule has 102 valence electrons. The zero-order valence-corrected chi connectivity index (χ0v) is 11.9. The molecule has 1 aromatic carbocycles. The molecule has 0 aliphatic heterocycles. The van der Waals surface area contributed by atoms with Gasteiger partial charge in [-0.05, 0) is 13.0 Å². The number of aliphatic hydroxyl groups is 1. The Bertz CT molecular complexity index is 687. The Kier molecular flexibility index (Phi) is 3.67. The summed E-state index contributed by atoms with van der Waals surface area (Å²) in [4.78, 5) is 4.59. The van der Waals surface area contributed by atoms with E-state index >= 15 is 0 Å². The van der Waals surface area contributed by atoms with Gasteiger partial charge in [0.05, 0.1) is 23.1 Å². The van der Waals surface area contributed by atoms with Crippen molar-refractivity contribution in [1.82, 2.24) is 4.98 Å². The topological polar surface area (TPSA) is 46.3 Å². The van der Waals surface area contributed by atoms with Crippen LogP contribution in [-0.2, 0) is 6.42 Å². The van der Waals surface area contributed by atoms with Crippen LogP contribution in [0.5, 0.6) is 0 Å². The maximum absolute atomic E-state index is 10.2. The highest BCUT2D eigenvalue weighted by molar-refractivity contribution is 7.09. The highest BCUT2D eigenvalue weighted by Crippen LogP contribution is 2.27. The van der Waals surface area contributed by atoms with Gasteiger partial charge in [0.15, 0.2) is 0 Å². The lowest BCUT2D eigenvalue weighted by atomic mass is 10.1. The van der Waals surface area contributed by atoms with Crippen molar-refractivity contribution in [2.75, 3.05) is 0 Å². The van der Waals surface area contributed by atoms with Gasteiger partial charge >= 0.3 is 0 Å². The first-order valence-corrected chi connectivity index (χ1v) is 7.34. The zero-order valence-electron chi connectivity index (χ0n) is 11.1. The molecule has 3 nitrogen and oxygen atoms in total. The van der Waals surface area contributed by atoms with Crippen molar-refractivity contribution in [3.8, 4) is 11.3 Å². The number of hydrogen-bond acceptors (Lipinski definition) is 4. The lowest BCUT2D eigenvalue weighted by Crippen LogP contribution is -2.01. The highest BCUT2D eigenvalue weighted by Gasteiger charge is 2.15. The number of nitrogens with zero attached hydrogens (tertiary/aromatic N) is 1. The first-order valence-electron chi connectivity index (χ1n) is 6.46. The van der Waals surface area contributed by atoms with Crippen molar-refractivity contribution in [2.24, 2.45) is 0 Å². The van der Waals surface area contributed by atoms with Crippen molar-refractivity contribution in [3.63, 3.8) is 0 Å². The second-order valence-electron chi connectivity index (χ2n) is 4.64. The standard InChI is InChI=1S/C16H15NO2S/c1-11-13(7-8-19-11)15(18)9-16-17-14(10-20-16)12-5-3-2-4-6-12/h2-8,10,15,18H,9H2,1H3. The maximum atomic E-state index is 10.2. The van der Waals surface area contributed by atoms with Gasteiger partial charge in [-0.15, -0.1) is 11.3 Å². The van der Waals surface area contributed by atoms with Gasteiger partial charge in [-0.2, -0.15) is 0 Å². The van der Waals surface area contributed by atoms with E-state index in [0.717, 1.165) is 27.6 Å². The van der Waals surface area contributed by atoms with E-state index in [2.05, 4.69) is 4.98 Å². The molecule has 0 fully saturated rings. The van der Waals surface area contributed by atoms with Gasteiger partial charge in [0.1, 0.15) is 5.76 Å².